The molecule has 1 unspecified atom stereocenters. The molecule has 2 rings (SSSR count). The van der Waals surface area contributed by atoms with E-state index in [0.29, 0.717) is 10.5 Å². The van der Waals surface area contributed by atoms with Crippen LogP contribution in [0.1, 0.15) is 24.8 Å². The molecule has 16 heavy (non-hydrogen) atoms. The van der Waals surface area contributed by atoms with Gasteiger partial charge in [-0.3, -0.25) is 4.79 Å². The molecule has 1 atom stereocenters. The summed E-state index contributed by atoms with van der Waals surface area (Å²) >= 11 is 5.87. The average Bonchev–Trinajstić information content (AvgIpc) is 2.15. The molecule has 2 heterocycles. The second-order valence-electron chi connectivity index (χ2n) is 3.52. The van der Waals surface area contributed by atoms with Crippen LogP contribution in [0.2, 0.25) is 5.15 Å². The standard InChI is InChI=1S/C9H8ClN3O3/c1-4-2-5(14)13(9(15)16)8-6(4)7(10)11-3-12-8/h3-4H,2H2,1H3,(H,15,16). The Morgan fingerprint density at radius 2 is 2.31 bits per heavy atom. The lowest BCUT2D eigenvalue weighted by Crippen LogP contribution is -2.41. The van der Waals surface area contributed by atoms with Gasteiger partial charge in [0.25, 0.3) is 0 Å². The SMILES string of the molecule is CC1CC(=O)N(C(=O)O)c2ncnc(Cl)c21. The molecule has 2 amide bonds. The molecule has 0 saturated carbocycles. The van der Waals surface area contributed by atoms with Gasteiger partial charge in [-0.05, 0) is 5.92 Å². The summed E-state index contributed by atoms with van der Waals surface area (Å²) in [6.07, 6.45) is -0.123. The topological polar surface area (TPSA) is 83.4 Å². The fourth-order valence-electron chi connectivity index (χ4n) is 1.74. The number of anilines is 1. The average molecular weight is 242 g/mol. The summed E-state index contributed by atoms with van der Waals surface area (Å²) in [5, 5.41) is 9.13. The fourth-order valence-corrected chi connectivity index (χ4v) is 2.05. The number of imide groups is 1. The lowest BCUT2D eigenvalue weighted by Gasteiger charge is -2.27. The number of nitrogens with zero attached hydrogens (tertiary/aromatic N) is 3. The van der Waals surface area contributed by atoms with Gasteiger partial charge in [-0.1, -0.05) is 18.5 Å². The normalized spacial score (nSPS) is 19.5. The van der Waals surface area contributed by atoms with Crippen molar-refractivity contribution in [3.8, 4) is 0 Å². The van der Waals surface area contributed by atoms with E-state index in [1.54, 1.807) is 6.92 Å². The van der Waals surface area contributed by atoms with Crippen molar-refractivity contribution in [3.05, 3.63) is 17.0 Å². The first-order valence-corrected chi connectivity index (χ1v) is 4.96. The van der Waals surface area contributed by atoms with Crippen LogP contribution in [-0.4, -0.2) is 27.1 Å². The molecule has 0 bridgehead atoms. The van der Waals surface area contributed by atoms with E-state index in [2.05, 4.69) is 9.97 Å². The van der Waals surface area contributed by atoms with Crippen LogP contribution in [0.15, 0.2) is 6.33 Å². The maximum atomic E-state index is 11.6. The molecule has 1 aromatic rings. The van der Waals surface area contributed by atoms with Crippen molar-refractivity contribution in [1.82, 2.24) is 9.97 Å². The minimum atomic E-state index is -1.35. The number of hydrogen-bond donors (Lipinski definition) is 1. The smallest absolute Gasteiger partial charge is 0.420 e. The number of carbonyl (C=O) groups is 2. The van der Waals surface area contributed by atoms with E-state index in [4.69, 9.17) is 16.7 Å². The minimum absolute atomic E-state index is 0.0660. The van der Waals surface area contributed by atoms with Gasteiger partial charge in [-0.25, -0.2) is 14.8 Å². The monoisotopic (exact) mass is 241 g/mol. The number of carbonyl (C=O) groups excluding carboxylic acids is 1. The third kappa shape index (κ3) is 1.51. The second kappa shape index (κ2) is 3.71. The molecule has 1 N–H and O–H groups in total. The van der Waals surface area contributed by atoms with Crippen molar-refractivity contribution in [2.75, 3.05) is 4.90 Å². The lowest BCUT2D eigenvalue weighted by molar-refractivity contribution is -0.118. The Labute approximate surface area is 95.9 Å². The Balaban J connectivity index is 2.64. The first-order valence-electron chi connectivity index (χ1n) is 4.58. The molecule has 1 aromatic heterocycles. The molecule has 84 valence electrons. The van der Waals surface area contributed by atoms with Crippen LogP contribution < -0.4 is 4.90 Å². The molecule has 0 aromatic carbocycles. The van der Waals surface area contributed by atoms with Crippen LogP contribution in [0.4, 0.5) is 10.6 Å². The Bertz CT molecular complexity index is 477. The van der Waals surface area contributed by atoms with Gasteiger partial charge < -0.3 is 5.11 Å². The molecule has 0 fully saturated rings. The zero-order valence-corrected chi connectivity index (χ0v) is 9.10. The van der Waals surface area contributed by atoms with Gasteiger partial charge in [0.05, 0.1) is 0 Å². The summed E-state index contributed by atoms with van der Waals surface area (Å²) in [4.78, 5) is 30.7. The molecule has 0 aliphatic carbocycles. The van der Waals surface area contributed by atoms with Crippen LogP contribution in [0.25, 0.3) is 0 Å². The van der Waals surface area contributed by atoms with E-state index in [0.717, 1.165) is 6.33 Å². The van der Waals surface area contributed by atoms with E-state index in [1.807, 2.05) is 0 Å². The molecule has 6 nitrogen and oxygen atoms in total. The maximum Gasteiger partial charge on any atom is 0.420 e. The summed E-state index contributed by atoms with van der Waals surface area (Å²) in [7, 11) is 0. The quantitative estimate of drug-likeness (QED) is 0.698. The van der Waals surface area contributed by atoms with Crippen LogP contribution in [-0.2, 0) is 4.79 Å². The molecule has 0 saturated heterocycles. The van der Waals surface area contributed by atoms with E-state index in [1.165, 1.54) is 0 Å². The zero-order chi connectivity index (χ0) is 11.9. The predicted molar refractivity (Wildman–Crippen MR) is 55.6 cm³/mol. The molecule has 0 spiro atoms. The summed E-state index contributed by atoms with van der Waals surface area (Å²) < 4.78 is 0. The molecule has 0 radical (unpaired) electrons. The van der Waals surface area contributed by atoms with Crippen LogP contribution >= 0.6 is 11.6 Å². The highest BCUT2D eigenvalue weighted by molar-refractivity contribution is 6.31. The van der Waals surface area contributed by atoms with Crippen molar-refractivity contribution in [2.24, 2.45) is 0 Å². The minimum Gasteiger partial charge on any atom is -0.464 e. The van der Waals surface area contributed by atoms with Crippen molar-refractivity contribution in [2.45, 2.75) is 19.3 Å². The second-order valence-corrected chi connectivity index (χ2v) is 3.88. The van der Waals surface area contributed by atoms with Crippen LogP contribution in [0.5, 0.6) is 0 Å². The largest absolute Gasteiger partial charge is 0.464 e. The number of halogens is 1. The Hall–Kier alpha value is -1.69. The number of hydrogen-bond acceptors (Lipinski definition) is 4. The van der Waals surface area contributed by atoms with E-state index in [-0.39, 0.29) is 23.3 Å². The van der Waals surface area contributed by atoms with Gasteiger partial charge in [0.2, 0.25) is 5.91 Å². The highest BCUT2D eigenvalue weighted by Crippen LogP contribution is 2.37. The summed E-state index contributed by atoms with van der Waals surface area (Å²) in [5.74, 6) is -0.606. The van der Waals surface area contributed by atoms with Crippen molar-refractivity contribution in [1.29, 1.82) is 0 Å². The van der Waals surface area contributed by atoms with Gasteiger partial charge in [0.1, 0.15) is 11.5 Å². The molecule has 1 aliphatic heterocycles. The summed E-state index contributed by atoms with van der Waals surface area (Å²) in [5.41, 5.74) is 0.506. The maximum absolute atomic E-state index is 11.6. The van der Waals surface area contributed by atoms with Gasteiger partial charge >= 0.3 is 6.09 Å². The van der Waals surface area contributed by atoms with Crippen molar-refractivity contribution >= 4 is 29.4 Å². The van der Waals surface area contributed by atoms with Gasteiger partial charge in [-0.2, -0.15) is 4.90 Å². The number of amides is 2. The summed E-state index contributed by atoms with van der Waals surface area (Å²) in [6.45, 7) is 1.78. The Morgan fingerprint density at radius 1 is 1.62 bits per heavy atom. The van der Waals surface area contributed by atoms with Crippen molar-refractivity contribution < 1.29 is 14.7 Å². The highest BCUT2D eigenvalue weighted by Gasteiger charge is 2.36. The van der Waals surface area contributed by atoms with Gasteiger partial charge in [0.15, 0.2) is 5.82 Å². The fraction of sp³-hybridized carbons (Fsp3) is 0.333. The van der Waals surface area contributed by atoms with E-state index >= 15 is 0 Å². The Kier molecular flexibility index (Phi) is 2.51. The third-order valence-electron chi connectivity index (χ3n) is 2.44. The summed E-state index contributed by atoms with van der Waals surface area (Å²) in [6, 6.07) is 0. The van der Waals surface area contributed by atoms with Gasteiger partial charge in [-0.15, -0.1) is 0 Å². The predicted octanol–water partition coefficient (Wildman–Crippen LogP) is 1.65. The zero-order valence-electron chi connectivity index (χ0n) is 8.35. The lowest BCUT2D eigenvalue weighted by atomic mass is 9.95. The van der Waals surface area contributed by atoms with E-state index < -0.39 is 12.0 Å². The number of rotatable bonds is 0. The molecular weight excluding hydrogens is 234 g/mol. The molecule has 1 aliphatic rings. The Morgan fingerprint density at radius 3 is 2.94 bits per heavy atom. The first-order chi connectivity index (χ1) is 7.52. The third-order valence-corrected chi connectivity index (χ3v) is 2.74. The number of fused-ring (bicyclic) bond motifs is 1. The van der Waals surface area contributed by atoms with Crippen LogP contribution in [0, 0.1) is 0 Å². The highest BCUT2D eigenvalue weighted by atomic mass is 35.5. The molecular formula is C9H8ClN3O3. The molecule has 7 heteroatoms. The first kappa shape index (κ1) is 10.8. The van der Waals surface area contributed by atoms with E-state index in [9.17, 15) is 9.59 Å². The van der Waals surface area contributed by atoms with Crippen LogP contribution in [0.3, 0.4) is 0 Å². The number of aromatic nitrogens is 2. The number of carboxylic acid groups (broad SMARTS) is 1. The van der Waals surface area contributed by atoms with Crippen molar-refractivity contribution in [3.63, 3.8) is 0 Å². The van der Waals surface area contributed by atoms with Gasteiger partial charge in [0, 0.05) is 12.0 Å².